The molecule has 33 heavy (non-hydrogen) atoms. The van der Waals surface area contributed by atoms with Gasteiger partial charge in [-0.1, -0.05) is 25.3 Å². The first kappa shape index (κ1) is 23.1. The fraction of sp³-hybridized carbons (Fsp3) is 0.583. The second-order valence-electron chi connectivity index (χ2n) is 9.63. The molecule has 4 rings (SSSR count). The Morgan fingerprint density at radius 1 is 1.30 bits per heavy atom. The number of carbonyl (C=O) groups excluding carboxylic acids is 2. The first-order chi connectivity index (χ1) is 15.7. The molecule has 2 aromatic heterocycles. The molecule has 0 bridgehead atoms. The normalized spacial score (nSPS) is 18.7. The molecule has 3 heterocycles. The van der Waals surface area contributed by atoms with E-state index in [1.54, 1.807) is 16.7 Å². The summed E-state index contributed by atoms with van der Waals surface area (Å²) in [5, 5.41) is 16.9. The third kappa shape index (κ3) is 4.41. The first-order valence-corrected chi connectivity index (χ1v) is 11.9. The van der Waals surface area contributed by atoms with Crippen molar-refractivity contribution in [2.45, 2.75) is 78.4 Å². The van der Waals surface area contributed by atoms with E-state index < -0.39 is 11.5 Å². The van der Waals surface area contributed by atoms with Crippen molar-refractivity contribution < 1.29 is 19.3 Å². The van der Waals surface area contributed by atoms with E-state index in [1.165, 1.54) is 4.52 Å². The van der Waals surface area contributed by atoms with Crippen LogP contribution in [0.1, 0.15) is 74.5 Å². The van der Waals surface area contributed by atoms with E-state index >= 15 is 0 Å². The highest BCUT2D eigenvalue weighted by Gasteiger charge is 2.35. The highest BCUT2D eigenvalue weighted by Crippen LogP contribution is 2.23. The topological polar surface area (TPSA) is 111 Å². The van der Waals surface area contributed by atoms with Crippen LogP contribution >= 0.6 is 0 Å². The quantitative estimate of drug-likeness (QED) is 0.436. The van der Waals surface area contributed by atoms with Crippen molar-refractivity contribution in [3.05, 3.63) is 33.3 Å². The van der Waals surface area contributed by atoms with Crippen LogP contribution in [0.2, 0.25) is 0 Å². The van der Waals surface area contributed by atoms with Gasteiger partial charge >= 0.3 is 17.1 Å². The number of aromatic hydroxyl groups is 1. The van der Waals surface area contributed by atoms with Crippen LogP contribution in [0.25, 0.3) is 11.7 Å². The van der Waals surface area contributed by atoms with Crippen molar-refractivity contribution >= 4 is 23.5 Å². The van der Waals surface area contributed by atoms with Gasteiger partial charge in [-0.15, -0.1) is 0 Å². The van der Waals surface area contributed by atoms with E-state index in [0.29, 0.717) is 23.4 Å². The number of aromatic amines is 1. The third-order valence-electron chi connectivity index (χ3n) is 6.50. The van der Waals surface area contributed by atoms with Gasteiger partial charge in [0.15, 0.2) is 0 Å². The minimum Gasteiger partial charge on any atom is -0.477 e. The van der Waals surface area contributed by atoms with Gasteiger partial charge in [0.05, 0.1) is 17.8 Å². The van der Waals surface area contributed by atoms with Crippen molar-refractivity contribution in [1.29, 1.82) is 0 Å². The lowest BCUT2D eigenvalue weighted by Crippen LogP contribution is -2.46. The molecule has 0 unspecified atom stereocenters. The summed E-state index contributed by atoms with van der Waals surface area (Å²) in [6, 6.07) is 0.319. The van der Waals surface area contributed by atoms with Crippen LogP contribution in [0.3, 0.4) is 0 Å². The van der Waals surface area contributed by atoms with Gasteiger partial charge < -0.3 is 15.3 Å². The zero-order valence-corrected chi connectivity index (χ0v) is 19.9. The summed E-state index contributed by atoms with van der Waals surface area (Å²) in [5.41, 5.74) is 0.860. The Balaban J connectivity index is 1.80. The Kier molecular flexibility index (Phi) is 6.32. The molecular formula is C24H34N5O4+. The second kappa shape index (κ2) is 9.03. The highest BCUT2D eigenvalue weighted by molar-refractivity contribution is 5.96. The Morgan fingerprint density at radius 2 is 2.03 bits per heavy atom. The number of amides is 2. The standard InChI is InChI=1S/C24H33N5O4/c1-5-17-7-6-12-27(17)19(30)11-10-18-15(4)26-29-22(18)28(13-14(2)3)23(32)20(24(29)33)21(31)25-16-8-9-16/h10-11,14,16-17H,5-9,12-13H2,1-4H3,(H2,25,31,32,33)/p+1/b11-10+/t17-/m0/s1. The molecule has 9 heteroatoms. The molecule has 9 nitrogen and oxygen atoms in total. The van der Waals surface area contributed by atoms with E-state index in [2.05, 4.69) is 17.3 Å². The van der Waals surface area contributed by atoms with Gasteiger partial charge in [-0.3, -0.25) is 9.59 Å². The smallest absolute Gasteiger partial charge is 0.378 e. The number of H-pyrrole nitrogens is 1. The second-order valence-corrected chi connectivity index (χ2v) is 9.63. The number of likely N-dealkylation sites (tertiary alicyclic amines) is 1. The maximum absolute atomic E-state index is 13.2. The van der Waals surface area contributed by atoms with Gasteiger partial charge in [0.2, 0.25) is 11.5 Å². The van der Waals surface area contributed by atoms with E-state index in [0.717, 1.165) is 38.6 Å². The monoisotopic (exact) mass is 456 g/mol. The number of nitrogens with one attached hydrogen (secondary N) is 2. The molecule has 2 aliphatic rings. The van der Waals surface area contributed by atoms with E-state index in [4.69, 9.17) is 0 Å². The number of aromatic nitrogens is 3. The molecule has 0 aromatic carbocycles. The Hall–Kier alpha value is -3.10. The Bertz CT molecular complexity index is 1170. The molecule has 1 aliphatic heterocycles. The molecule has 1 aliphatic carbocycles. The molecule has 1 saturated carbocycles. The number of hydrogen-bond donors (Lipinski definition) is 3. The summed E-state index contributed by atoms with van der Waals surface area (Å²) in [7, 11) is 0. The molecule has 2 fully saturated rings. The largest absolute Gasteiger partial charge is 0.477 e. The summed E-state index contributed by atoms with van der Waals surface area (Å²) in [4.78, 5) is 40.7. The lowest BCUT2D eigenvalue weighted by Gasteiger charge is -2.21. The summed E-state index contributed by atoms with van der Waals surface area (Å²) in [5.74, 6) is -0.825. The molecule has 1 atom stereocenters. The van der Waals surface area contributed by atoms with E-state index in [1.807, 2.05) is 25.7 Å². The van der Waals surface area contributed by atoms with Crippen LogP contribution in [0.4, 0.5) is 0 Å². The number of nitrogens with zero attached hydrogens (tertiary/aromatic N) is 3. The van der Waals surface area contributed by atoms with E-state index in [-0.39, 0.29) is 35.4 Å². The number of hydrogen-bond acceptors (Lipinski definition) is 4. The molecule has 178 valence electrons. The fourth-order valence-electron chi connectivity index (χ4n) is 4.65. The third-order valence-corrected chi connectivity index (χ3v) is 6.50. The van der Waals surface area contributed by atoms with Gasteiger partial charge in [-0.2, -0.15) is 4.57 Å². The van der Waals surface area contributed by atoms with Crippen molar-refractivity contribution in [3.63, 3.8) is 0 Å². The summed E-state index contributed by atoms with van der Waals surface area (Å²) < 4.78 is 2.89. The maximum atomic E-state index is 13.2. The average Bonchev–Trinajstić information content (AvgIpc) is 3.32. The van der Waals surface area contributed by atoms with Gasteiger partial charge in [-0.05, 0) is 51.0 Å². The minimum atomic E-state index is -0.611. The predicted octanol–water partition coefficient (Wildman–Crippen LogP) is 1.89. The van der Waals surface area contributed by atoms with E-state index in [9.17, 15) is 19.5 Å². The van der Waals surface area contributed by atoms with Crippen LogP contribution in [-0.4, -0.2) is 50.1 Å². The Morgan fingerprint density at radius 3 is 2.67 bits per heavy atom. The molecule has 2 aromatic rings. The molecule has 0 spiro atoms. The summed E-state index contributed by atoms with van der Waals surface area (Å²) in [6.45, 7) is 9.04. The number of rotatable bonds is 7. The van der Waals surface area contributed by atoms with Gasteiger partial charge in [-0.25, -0.2) is 9.89 Å². The molecule has 1 saturated heterocycles. The summed E-state index contributed by atoms with van der Waals surface area (Å²) in [6.07, 6.45) is 7.95. The van der Waals surface area contributed by atoms with Crippen molar-refractivity contribution in [1.82, 2.24) is 19.8 Å². The van der Waals surface area contributed by atoms with Crippen molar-refractivity contribution in [2.24, 2.45) is 5.92 Å². The van der Waals surface area contributed by atoms with Crippen LogP contribution in [0, 0.1) is 12.8 Å². The number of carbonyl (C=O) groups is 2. The summed E-state index contributed by atoms with van der Waals surface area (Å²) >= 11 is 0. The Labute approximate surface area is 193 Å². The van der Waals surface area contributed by atoms with Crippen LogP contribution in [0.15, 0.2) is 10.9 Å². The van der Waals surface area contributed by atoms with Crippen LogP contribution in [-0.2, 0) is 11.3 Å². The molecular weight excluding hydrogens is 422 g/mol. The number of aryl methyl sites for hydroxylation is 1. The zero-order chi connectivity index (χ0) is 23.9. The van der Waals surface area contributed by atoms with Crippen LogP contribution < -0.4 is 15.4 Å². The fourth-order valence-corrected chi connectivity index (χ4v) is 4.65. The molecule has 2 amide bonds. The van der Waals surface area contributed by atoms with Crippen molar-refractivity contribution in [3.8, 4) is 5.88 Å². The predicted molar refractivity (Wildman–Crippen MR) is 124 cm³/mol. The minimum absolute atomic E-state index is 0.0551. The number of fused-ring (bicyclic) bond motifs is 1. The van der Waals surface area contributed by atoms with Crippen LogP contribution in [0.5, 0.6) is 5.88 Å². The molecule has 3 N–H and O–H groups in total. The zero-order valence-electron chi connectivity index (χ0n) is 19.9. The average molecular weight is 457 g/mol. The molecule has 0 radical (unpaired) electrons. The first-order valence-electron chi connectivity index (χ1n) is 11.9. The lowest BCUT2D eigenvalue weighted by atomic mass is 10.1. The lowest BCUT2D eigenvalue weighted by molar-refractivity contribution is -0.686. The SMILES string of the molecule is CC[C@H]1CCCN1C(=O)/C=C/c1c(C)[nH]n2c(=O)c(C(=O)NC3CC3)c(O)[n+](CC(C)C)c12. The van der Waals surface area contributed by atoms with Gasteiger partial charge in [0.1, 0.15) is 0 Å². The van der Waals surface area contributed by atoms with Gasteiger partial charge in [0.25, 0.3) is 5.91 Å². The van der Waals surface area contributed by atoms with Gasteiger partial charge in [0, 0.05) is 24.7 Å². The maximum Gasteiger partial charge on any atom is 0.378 e. The van der Waals surface area contributed by atoms with Crippen molar-refractivity contribution in [2.75, 3.05) is 6.54 Å². The highest BCUT2D eigenvalue weighted by atomic mass is 16.3.